The lowest BCUT2D eigenvalue weighted by Gasteiger charge is -2.39. The van der Waals surface area contributed by atoms with Crippen molar-refractivity contribution in [3.8, 4) is 0 Å². The average Bonchev–Trinajstić information content (AvgIpc) is 2.39. The SMILES string of the molecule is CNC1(C)CCN(c2cc(C(F)(F)F)ccn2)CC1. The minimum Gasteiger partial charge on any atom is -0.356 e. The zero-order valence-corrected chi connectivity index (χ0v) is 11.1. The highest BCUT2D eigenvalue weighted by atomic mass is 19.4. The second kappa shape index (κ2) is 5.00. The van der Waals surface area contributed by atoms with Gasteiger partial charge < -0.3 is 10.2 Å². The number of halogens is 3. The Kier molecular flexibility index (Phi) is 3.71. The van der Waals surface area contributed by atoms with Gasteiger partial charge in [0.15, 0.2) is 0 Å². The summed E-state index contributed by atoms with van der Waals surface area (Å²) in [6, 6.07) is 2.13. The molecule has 2 heterocycles. The van der Waals surface area contributed by atoms with E-state index in [0.717, 1.165) is 25.0 Å². The molecule has 0 spiro atoms. The summed E-state index contributed by atoms with van der Waals surface area (Å²) in [6.45, 7) is 3.56. The Balaban J connectivity index is 2.12. The first-order chi connectivity index (χ1) is 8.84. The van der Waals surface area contributed by atoms with Crippen LogP contribution in [0.1, 0.15) is 25.3 Å². The standard InChI is InChI=1S/C13H18F3N3/c1-12(17-2)4-7-19(8-5-12)11-9-10(3-6-18-11)13(14,15)16/h3,6,9,17H,4-5,7-8H2,1-2H3. The maximum Gasteiger partial charge on any atom is 0.416 e. The average molecular weight is 273 g/mol. The van der Waals surface area contributed by atoms with Gasteiger partial charge in [0.05, 0.1) is 5.56 Å². The molecule has 1 aliphatic rings. The van der Waals surface area contributed by atoms with Gasteiger partial charge in [-0.25, -0.2) is 4.98 Å². The highest BCUT2D eigenvalue weighted by molar-refractivity contribution is 5.42. The lowest BCUT2D eigenvalue weighted by atomic mass is 9.90. The zero-order valence-electron chi connectivity index (χ0n) is 11.1. The van der Waals surface area contributed by atoms with E-state index in [-0.39, 0.29) is 5.54 Å². The van der Waals surface area contributed by atoms with Crippen molar-refractivity contribution < 1.29 is 13.2 Å². The minimum atomic E-state index is -4.31. The van der Waals surface area contributed by atoms with E-state index < -0.39 is 11.7 Å². The van der Waals surface area contributed by atoms with Crippen molar-refractivity contribution in [3.05, 3.63) is 23.9 Å². The van der Waals surface area contributed by atoms with Crippen LogP contribution < -0.4 is 10.2 Å². The number of nitrogens with zero attached hydrogens (tertiary/aromatic N) is 2. The van der Waals surface area contributed by atoms with Crippen LogP contribution in [0.15, 0.2) is 18.3 Å². The molecule has 2 rings (SSSR count). The Bertz CT molecular complexity index is 437. The fraction of sp³-hybridized carbons (Fsp3) is 0.615. The minimum absolute atomic E-state index is 0.0676. The molecule has 1 aliphatic heterocycles. The van der Waals surface area contributed by atoms with Crippen LogP contribution in [0.3, 0.4) is 0 Å². The van der Waals surface area contributed by atoms with Crippen molar-refractivity contribution in [2.45, 2.75) is 31.5 Å². The Morgan fingerprint density at radius 1 is 1.32 bits per heavy atom. The fourth-order valence-corrected chi connectivity index (χ4v) is 2.25. The van der Waals surface area contributed by atoms with E-state index in [1.165, 1.54) is 6.20 Å². The van der Waals surface area contributed by atoms with Gasteiger partial charge in [-0.3, -0.25) is 0 Å². The number of rotatable bonds is 2. The number of pyridine rings is 1. The third-order valence-corrected chi connectivity index (χ3v) is 3.87. The van der Waals surface area contributed by atoms with Gasteiger partial charge in [0.25, 0.3) is 0 Å². The first-order valence-electron chi connectivity index (χ1n) is 6.31. The Hall–Kier alpha value is -1.30. The fourth-order valence-electron chi connectivity index (χ4n) is 2.25. The molecule has 0 saturated carbocycles. The van der Waals surface area contributed by atoms with Crippen molar-refractivity contribution in [2.24, 2.45) is 0 Å². The van der Waals surface area contributed by atoms with E-state index in [1.54, 1.807) is 0 Å². The van der Waals surface area contributed by atoms with Crippen molar-refractivity contribution in [1.82, 2.24) is 10.3 Å². The third kappa shape index (κ3) is 3.18. The molecule has 1 saturated heterocycles. The monoisotopic (exact) mass is 273 g/mol. The van der Waals surface area contributed by atoms with Crippen molar-refractivity contribution in [3.63, 3.8) is 0 Å². The van der Waals surface area contributed by atoms with Gasteiger partial charge in [-0.2, -0.15) is 13.2 Å². The van der Waals surface area contributed by atoms with Crippen LogP contribution >= 0.6 is 0 Å². The van der Waals surface area contributed by atoms with Crippen LogP contribution in [0.2, 0.25) is 0 Å². The number of anilines is 1. The summed E-state index contributed by atoms with van der Waals surface area (Å²) < 4.78 is 38.0. The molecule has 1 fully saturated rings. The molecular weight excluding hydrogens is 255 g/mol. The Labute approximate surface area is 110 Å². The maximum absolute atomic E-state index is 12.7. The highest BCUT2D eigenvalue weighted by Gasteiger charge is 2.33. The molecule has 19 heavy (non-hydrogen) atoms. The summed E-state index contributed by atoms with van der Waals surface area (Å²) in [5.41, 5.74) is -0.572. The molecule has 1 N–H and O–H groups in total. The first-order valence-corrected chi connectivity index (χ1v) is 6.31. The van der Waals surface area contributed by atoms with E-state index in [2.05, 4.69) is 17.2 Å². The van der Waals surface area contributed by atoms with Gasteiger partial charge in [-0.15, -0.1) is 0 Å². The number of hydrogen-bond acceptors (Lipinski definition) is 3. The molecule has 6 heteroatoms. The largest absolute Gasteiger partial charge is 0.416 e. The number of hydrogen-bond donors (Lipinski definition) is 1. The van der Waals surface area contributed by atoms with E-state index in [1.807, 2.05) is 11.9 Å². The molecule has 3 nitrogen and oxygen atoms in total. The van der Waals surface area contributed by atoms with Crippen molar-refractivity contribution in [2.75, 3.05) is 25.0 Å². The number of piperidine rings is 1. The molecule has 0 aliphatic carbocycles. The van der Waals surface area contributed by atoms with Gasteiger partial charge in [0.2, 0.25) is 0 Å². The van der Waals surface area contributed by atoms with Crippen LogP contribution in [-0.2, 0) is 6.18 Å². The molecule has 106 valence electrons. The summed E-state index contributed by atoms with van der Waals surface area (Å²) in [5.74, 6) is 0.410. The molecule has 1 aromatic rings. The molecule has 0 amide bonds. The second-order valence-electron chi connectivity index (χ2n) is 5.20. The Morgan fingerprint density at radius 2 is 1.95 bits per heavy atom. The van der Waals surface area contributed by atoms with Crippen LogP contribution in [-0.4, -0.2) is 30.7 Å². The second-order valence-corrected chi connectivity index (χ2v) is 5.20. The third-order valence-electron chi connectivity index (χ3n) is 3.87. The van der Waals surface area contributed by atoms with Gasteiger partial charge in [-0.1, -0.05) is 0 Å². The quantitative estimate of drug-likeness (QED) is 0.898. The smallest absolute Gasteiger partial charge is 0.356 e. The van der Waals surface area contributed by atoms with Gasteiger partial charge in [-0.05, 0) is 38.9 Å². The lowest BCUT2D eigenvalue weighted by Crippen LogP contribution is -2.50. The Morgan fingerprint density at radius 3 is 2.47 bits per heavy atom. The molecular formula is C13H18F3N3. The summed E-state index contributed by atoms with van der Waals surface area (Å²) in [6.07, 6.45) is -1.31. The van der Waals surface area contributed by atoms with Crippen molar-refractivity contribution >= 4 is 5.82 Å². The summed E-state index contributed by atoms with van der Waals surface area (Å²) in [4.78, 5) is 5.97. The van der Waals surface area contributed by atoms with Crippen LogP contribution in [0.5, 0.6) is 0 Å². The normalized spacial score (nSPS) is 19.5. The first kappa shape index (κ1) is 14.1. The van der Waals surface area contributed by atoms with Gasteiger partial charge in [0.1, 0.15) is 5.82 Å². The molecule has 0 bridgehead atoms. The number of alkyl halides is 3. The lowest BCUT2D eigenvalue weighted by molar-refractivity contribution is -0.137. The van der Waals surface area contributed by atoms with Crippen LogP contribution in [0.25, 0.3) is 0 Å². The maximum atomic E-state index is 12.7. The number of aromatic nitrogens is 1. The van der Waals surface area contributed by atoms with Crippen LogP contribution in [0, 0.1) is 0 Å². The molecule has 0 radical (unpaired) electrons. The predicted octanol–water partition coefficient (Wildman–Crippen LogP) is 2.68. The molecule has 0 atom stereocenters. The summed E-state index contributed by atoms with van der Waals surface area (Å²) >= 11 is 0. The van der Waals surface area contributed by atoms with Crippen LogP contribution in [0.4, 0.5) is 19.0 Å². The summed E-state index contributed by atoms with van der Waals surface area (Å²) in [5, 5.41) is 3.26. The zero-order chi connectivity index (χ0) is 14.1. The van der Waals surface area contributed by atoms with Gasteiger partial charge >= 0.3 is 6.18 Å². The van der Waals surface area contributed by atoms with Crippen molar-refractivity contribution in [1.29, 1.82) is 0 Å². The number of nitrogens with one attached hydrogen (secondary N) is 1. The van der Waals surface area contributed by atoms with E-state index in [0.29, 0.717) is 18.9 Å². The topological polar surface area (TPSA) is 28.2 Å². The summed E-state index contributed by atoms with van der Waals surface area (Å²) in [7, 11) is 1.91. The van der Waals surface area contributed by atoms with E-state index in [4.69, 9.17) is 0 Å². The van der Waals surface area contributed by atoms with E-state index in [9.17, 15) is 13.2 Å². The van der Waals surface area contributed by atoms with Gasteiger partial charge in [0, 0.05) is 24.8 Å². The predicted molar refractivity (Wildman–Crippen MR) is 68.2 cm³/mol. The molecule has 0 aromatic carbocycles. The van der Waals surface area contributed by atoms with E-state index >= 15 is 0 Å². The highest BCUT2D eigenvalue weighted by Crippen LogP contribution is 2.32. The molecule has 0 unspecified atom stereocenters. The molecule has 1 aromatic heterocycles.